The monoisotopic (exact) mass is 274 g/mol. The van der Waals surface area contributed by atoms with Gasteiger partial charge in [-0.2, -0.15) is 0 Å². The van der Waals surface area contributed by atoms with Crippen molar-refractivity contribution in [2.75, 3.05) is 13.1 Å². The smallest absolute Gasteiger partial charge is 0.429 e. The molecule has 1 aliphatic carbocycles. The Bertz CT molecular complexity index is 499. The fourth-order valence-corrected chi connectivity index (χ4v) is 2.37. The fourth-order valence-electron chi connectivity index (χ4n) is 2.37. The van der Waals surface area contributed by atoms with Gasteiger partial charge in [0.2, 0.25) is 5.91 Å². The van der Waals surface area contributed by atoms with E-state index < -0.39 is 6.09 Å². The molecule has 0 unspecified atom stereocenters. The molecule has 3 rings (SSSR count). The van der Waals surface area contributed by atoms with Crippen molar-refractivity contribution >= 4 is 12.0 Å². The highest BCUT2D eigenvalue weighted by Crippen LogP contribution is 2.32. The molecule has 1 saturated carbocycles. The molecular formula is C15H18N2O3. The number of ether oxygens (including phenoxy) is 1. The molecule has 1 aliphatic heterocycles. The Morgan fingerprint density at radius 1 is 1.10 bits per heavy atom. The van der Waals surface area contributed by atoms with Gasteiger partial charge in [0.1, 0.15) is 6.61 Å². The largest absolute Gasteiger partial charge is 0.443 e. The number of benzene rings is 1. The van der Waals surface area contributed by atoms with Crippen LogP contribution in [0.25, 0.3) is 0 Å². The zero-order chi connectivity index (χ0) is 13.9. The maximum Gasteiger partial charge on any atom is 0.429 e. The molecule has 5 nitrogen and oxygen atoms in total. The van der Waals surface area contributed by atoms with Crippen LogP contribution in [0.2, 0.25) is 0 Å². The van der Waals surface area contributed by atoms with E-state index in [9.17, 15) is 9.59 Å². The van der Waals surface area contributed by atoms with E-state index >= 15 is 0 Å². The molecule has 2 fully saturated rings. The van der Waals surface area contributed by atoms with E-state index in [0.717, 1.165) is 24.8 Å². The van der Waals surface area contributed by atoms with Crippen molar-refractivity contribution in [2.24, 2.45) is 5.92 Å². The maximum absolute atomic E-state index is 12.1. The number of hydrogen-bond donors (Lipinski definition) is 0. The molecule has 106 valence electrons. The summed E-state index contributed by atoms with van der Waals surface area (Å²) in [7, 11) is 0. The number of amides is 2. The van der Waals surface area contributed by atoms with Crippen LogP contribution >= 0.6 is 0 Å². The van der Waals surface area contributed by atoms with Gasteiger partial charge in [-0.3, -0.25) is 4.79 Å². The van der Waals surface area contributed by atoms with Gasteiger partial charge in [-0.15, -0.1) is 0 Å². The predicted octanol–water partition coefficient (Wildman–Crippen LogP) is 2.18. The Morgan fingerprint density at radius 3 is 2.50 bits per heavy atom. The second kappa shape index (κ2) is 5.53. The third kappa shape index (κ3) is 2.76. The lowest BCUT2D eigenvalue weighted by atomic mass is 10.2. The van der Waals surface area contributed by atoms with E-state index in [0.29, 0.717) is 13.1 Å². The van der Waals surface area contributed by atoms with Crippen LogP contribution in [0.15, 0.2) is 30.3 Å². The summed E-state index contributed by atoms with van der Waals surface area (Å²) in [4.78, 5) is 24.2. The SMILES string of the molecule is O=C(OCc1ccccc1)N1CCCN1C(=O)C1CC1. The fraction of sp³-hybridized carbons (Fsp3) is 0.467. The first-order valence-electron chi connectivity index (χ1n) is 7.05. The molecule has 2 aliphatic rings. The highest BCUT2D eigenvalue weighted by molar-refractivity contribution is 5.83. The summed E-state index contributed by atoms with van der Waals surface area (Å²) in [6, 6.07) is 9.54. The van der Waals surface area contributed by atoms with Crippen LogP contribution in [0.5, 0.6) is 0 Å². The Labute approximate surface area is 118 Å². The number of hydrogen-bond acceptors (Lipinski definition) is 3. The molecule has 0 spiro atoms. The molecule has 0 atom stereocenters. The highest BCUT2D eigenvalue weighted by atomic mass is 16.6. The minimum Gasteiger partial charge on any atom is -0.443 e. The first kappa shape index (κ1) is 13.0. The second-order valence-electron chi connectivity index (χ2n) is 5.25. The molecule has 20 heavy (non-hydrogen) atoms. The molecule has 0 aromatic heterocycles. The summed E-state index contributed by atoms with van der Waals surface area (Å²) >= 11 is 0. The van der Waals surface area contributed by atoms with E-state index in [1.807, 2.05) is 30.3 Å². The lowest BCUT2D eigenvalue weighted by Gasteiger charge is -2.27. The van der Waals surface area contributed by atoms with Gasteiger partial charge in [0.25, 0.3) is 0 Å². The Balaban J connectivity index is 1.57. The number of rotatable bonds is 3. The molecule has 2 amide bonds. The molecule has 1 aromatic carbocycles. The quantitative estimate of drug-likeness (QED) is 0.849. The van der Waals surface area contributed by atoms with Gasteiger partial charge < -0.3 is 4.74 Å². The first-order chi connectivity index (χ1) is 9.75. The van der Waals surface area contributed by atoms with Crippen molar-refractivity contribution in [1.82, 2.24) is 10.0 Å². The van der Waals surface area contributed by atoms with Crippen molar-refractivity contribution in [3.8, 4) is 0 Å². The Hall–Kier alpha value is -2.04. The normalized spacial score (nSPS) is 18.2. The number of carbonyl (C=O) groups excluding carboxylic acids is 2. The Morgan fingerprint density at radius 2 is 1.80 bits per heavy atom. The van der Waals surface area contributed by atoms with E-state index in [2.05, 4.69) is 0 Å². The lowest BCUT2D eigenvalue weighted by molar-refractivity contribution is -0.143. The molecular weight excluding hydrogens is 256 g/mol. The van der Waals surface area contributed by atoms with Gasteiger partial charge in [-0.05, 0) is 24.8 Å². The van der Waals surface area contributed by atoms with Crippen LogP contribution < -0.4 is 0 Å². The minimum atomic E-state index is -0.430. The van der Waals surface area contributed by atoms with Gasteiger partial charge in [-0.25, -0.2) is 14.8 Å². The third-order valence-electron chi connectivity index (χ3n) is 3.63. The summed E-state index contributed by atoms with van der Waals surface area (Å²) in [6.45, 7) is 1.42. The van der Waals surface area contributed by atoms with Crippen LogP contribution in [-0.2, 0) is 16.1 Å². The summed E-state index contributed by atoms with van der Waals surface area (Å²) < 4.78 is 5.29. The van der Waals surface area contributed by atoms with Crippen molar-refractivity contribution in [3.05, 3.63) is 35.9 Å². The molecule has 0 radical (unpaired) electrons. The number of hydrazine groups is 1. The van der Waals surface area contributed by atoms with E-state index in [4.69, 9.17) is 4.74 Å². The summed E-state index contributed by atoms with van der Waals surface area (Å²) in [6.07, 6.45) is 2.28. The summed E-state index contributed by atoms with van der Waals surface area (Å²) in [5.41, 5.74) is 0.945. The van der Waals surface area contributed by atoms with Gasteiger partial charge >= 0.3 is 6.09 Å². The topological polar surface area (TPSA) is 49.9 Å². The summed E-state index contributed by atoms with van der Waals surface area (Å²) in [5.74, 6) is 0.191. The number of nitrogens with zero attached hydrogens (tertiary/aromatic N) is 2. The average molecular weight is 274 g/mol. The van der Waals surface area contributed by atoms with Gasteiger partial charge in [0.15, 0.2) is 0 Å². The zero-order valence-electron chi connectivity index (χ0n) is 11.3. The van der Waals surface area contributed by atoms with Crippen LogP contribution in [-0.4, -0.2) is 35.1 Å². The molecule has 0 N–H and O–H groups in total. The van der Waals surface area contributed by atoms with Crippen LogP contribution in [0, 0.1) is 5.92 Å². The highest BCUT2D eigenvalue weighted by Gasteiger charge is 2.39. The standard InChI is InChI=1S/C15H18N2O3/c18-14(13-7-8-13)16-9-4-10-17(16)15(19)20-11-12-5-2-1-3-6-12/h1-3,5-6,13H,4,7-11H2. The first-order valence-corrected chi connectivity index (χ1v) is 7.05. The molecule has 1 saturated heterocycles. The lowest BCUT2D eigenvalue weighted by Crippen LogP contribution is -2.45. The predicted molar refractivity (Wildman–Crippen MR) is 72.4 cm³/mol. The van der Waals surface area contributed by atoms with Gasteiger partial charge in [0.05, 0.1) is 0 Å². The molecule has 1 aromatic rings. The van der Waals surface area contributed by atoms with Crippen molar-refractivity contribution in [3.63, 3.8) is 0 Å². The summed E-state index contributed by atoms with van der Waals surface area (Å²) in [5, 5.41) is 3.01. The zero-order valence-corrected chi connectivity index (χ0v) is 11.3. The van der Waals surface area contributed by atoms with E-state index in [1.54, 1.807) is 5.01 Å². The van der Waals surface area contributed by atoms with Crippen LogP contribution in [0.1, 0.15) is 24.8 Å². The van der Waals surface area contributed by atoms with Gasteiger partial charge in [-0.1, -0.05) is 30.3 Å². The molecule has 1 heterocycles. The van der Waals surface area contributed by atoms with Crippen LogP contribution in [0.3, 0.4) is 0 Å². The van der Waals surface area contributed by atoms with Crippen molar-refractivity contribution in [1.29, 1.82) is 0 Å². The molecule has 5 heteroatoms. The average Bonchev–Trinajstić information content (AvgIpc) is 3.22. The molecule has 0 bridgehead atoms. The van der Waals surface area contributed by atoms with Crippen LogP contribution in [0.4, 0.5) is 4.79 Å². The van der Waals surface area contributed by atoms with E-state index in [1.165, 1.54) is 5.01 Å². The minimum absolute atomic E-state index is 0.0687. The van der Waals surface area contributed by atoms with Crippen molar-refractivity contribution < 1.29 is 14.3 Å². The van der Waals surface area contributed by atoms with E-state index in [-0.39, 0.29) is 18.4 Å². The third-order valence-corrected chi connectivity index (χ3v) is 3.63. The van der Waals surface area contributed by atoms with Gasteiger partial charge in [0, 0.05) is 19.0 Å². The number of carbonyl (C=O) groups is 2. The Kier molecular flexibility index (Phi) is 3.58. The maximum atomic E-state index is 12.1. The second-order valence-corrected chi connectivity index (χ2v) is 5.25. The van der Waals surface area contributed by atoms with Crippen molar-refractivity contribution in [2.45, 2.75) is 25.9 Å².